The van der Waals surface area contributed by atoms with Crippen molar-refractivity contribution >= 4 is 27.7 Å². The van der Waals surface area contributed by atoms with E-state index in [-0.39, 0.29) is 6.04 Å². The molecule has 0 radical (unpaired) electrons. The van der Waals surface area contributed by atoms with Crippen LogP contribution in [0.25, 0.3) is 27.0 Å². The molecule has 4 aromatic rings. The van der Waals surface area contributed by atoms with E-state index in [4.69, 9.17) is 11.5 Å². The Kier molecular flexibility index (Phi) is 6.59. The topological polar surface area (TPSA) is 133 Å². The van der Waals surface area contributed by atoms with Crippen LogP contribution in [0.1, 0.15) is 27.6 Å². The van der Waals surface area contributed by atoms with E-state index in [2.05, 4.69) is 61.8 Å². The smallest absolute Gasteiger partial charge is 0.165 e. The number of rotatable bonds is 6. The molecule has 0 saturated carbocycles. The monoisotopic (exact) mass is 482 g/mol. The Balaban J connectivity index is 1.79. The average Bonchev–Trinajstić information content (AvgIpc) is 3.56. The van der Waals surface area contributed by atoms with E-state index in [0.717, 1.165) is 52.4 Å². The third kappa shape index (κ3) is 4.31. The molecule has 0 bridgehead atoms. The first-order valence-electron chi connectivity index (χ1n) is 11.4. The molecule has 1 unspecified atom stereocenters. The first-order valence-corrected chi connectivity index (χ1v) is 12.2. The van der Waals surface area contributed by atoms with Crippen molar-refractivity contribution in [2.24, 2.45) is 11.5 Å². The molecule has 0 aliphatic carbocycles. The third-order valence-electron chi connectivity index (χ3n) is 6.28. The highest BCUT2D eigenvalue weighted by molar-refractivity contribution is 7.17. The van der Waals surface area contributed by atoms with Crippen molar-refractivity contribution < 1.29 is 0 Å². The van der Waals surface area contributed by atoms with Crippen molar-refractivity contribution in [3.63, 3.8) is 0 Å². The van der Waals surface area contributed by atoms with Crippen LogP contribution in [-0.4, -0.2) is 46.3 Å². The zero-order valence-electron chi connectivity index (χ0n) is 19.1. The van der Waals surface area contributed by atoms with Gasteiger partial charge in [0.25, 0.3) is 0 Å². The van der Waals surface area contributed by atoms with Gasteiger partial charge in [-0.3, -0.25) is 10.00 Å². The second kappa shape index (κ2) is 10.1. The summed E-state index contributed by atoms with van der Waals surface area (Å²) in [6, 6.07) is 17.2. The quantitative estimate of drug-likeness (QED) is 0.310. The van der Waals surface area contributed by atoms with Crippen molar-refractivity contribution in [2.45, 2.75) is 6.04 Å². The van der Waals surface area contributed by atoms with Gasteiger partial charge in [-0.05, 0) is 34.7 Å². The fourth-order valence-electron chi connectivity index (χ4n) is 4.70. The summed E-state index contributed by atoms with van der Waals surface area (Å²) in [5.74, 6) is 0.627. The second-order valence-electron chi connectivity index (χ2n) is 8.27. The van der Waals surface area contributed by atoms with Crippen LogP contribution in [0.2, 0.25) is 0 Å². The standard InChI is InChI=1S/C26H26N8S/c27-8-7-20(14-28)24-21(15-29)22(25(35-24)26-31-16-32-33-26)23(34-11-9-30-10-12-34)19-6-5-17-3-1-2-4-18(17)13-19/h1-8,13-14,16,23,30H,9-12,27-28H2,(H,31,32,33)/b8-7-,20-14+. The van der Waals surface area contributed by atoms with Gasteiger partial charge in [0.05, 0.1) is 21.4 Å². The van der Waals surface area contributed by atoms with Gasteiger partial charge in [0.1, 0.15) is 12.4 Å². The molecule has 1 fully saturated rings. The van der Waals surface area contributed by atoms with Gasteiger partial charge in [-0.1, -0.05) is 36.4 Å². The third-order valence-corrected chi connectivity index (χ3v) is 7.55. The molecule has 2 aromatic carbocycles. The minimum Gasteiger partial charge on any atom is -0.405 e. The molecule has 35 heavy (non-hydrogen) atoms. The number of fused-ring (bicyclic) bond motifs is 1. The minimum absolute atomic E-state index is 0.151. The Bertz CT molecular complexity index is 1420. The fraction of sp³-hybridized carbons (Fsp3) is 0.192. The summed E-state index contributed by atoms with van der Waals surface area (Å²) in [4.78, 5) is 8.51. The van der Waals surface area contributed by atoms with Gasteiger partial charge in [0, 0.05) is 43.5 Å². The molecule has 1 aliphatic rings. The van der Waals surface area contributed by atoms with Crippen molar-refractivity contribution in [3.05, 3.63) is 88.8 Å². The lowest BCUT2D eigenvalue weighted by Gasteiger charge is -2.36. The van der Waals surface area contributed by atoms with Crippen molar-refractivity contribution in [1.82, 2.24) is 25.4 Å². The predicted molar refractivity (Wildman–Crippen MR) is 140 cm³/mol. The van der Waals surface area contributed by atoms with E-state index in [9.17, 15) is 5.26 Å². The van der Waals surface area contributed by atoms with Crippen LogP contribution >= 0.6 is 11.3 Å². The molecule has 6 N–H and O–H groups in total. The maximum atomic E-state index is 10.4. The van der Waals surface area contributed by atoms with E-state index >= 15 is 0 Å². The van der Waals surface area contributed by atoms with Crippen molar-refractivity contribution in [1.29, 1.82) is 5.26 Å². The number of hydrogen-bond acceptors (Lipinski definition) is 8. The van der Waals surface area contributed by atoms with Gasteiger partial charge in [0.15, 0.2) is 5.82 Å². The van der Waals surface area contributed by atoms with Crippen LogP contribution in [0.4, 0.5) is 0 Å². The van der Waals surface area contributed by atoms with Crippen LogP contribution in [0.3, 0.4) is 0 Å². The average molecular weight is 483 g/mol. The largest absolute Gasteiger partial charge is 0.405 e. The number of benzene rings is 2. The van der Waals surface area contributed by atoms with Crippen LogP contribution in [0, 0.1) is 11.3 Å². The summed E-state index contributed by atoms with van der Waals surface area (Å²) < 4.78 is 0. The Morgan fingerprint density at radius 3 is 2.63 bits per heavy atom. The highest BCUT2D eigenvalue weighted by Gasteiger charge is 2.33. The van der Waals surface area contributed by atoms with Gasteiger partial charge >= 0.3 is 0 Å². The molecular weight excluding hydrogens is 456 g/mol. The molecule has 9 heteroatoms. The highest BCUT2D eigenvalue weighted by Crippen LogP contribution is 2.45. The number of thiophene rings is 1. The van der Waals surface area contributed by atoms with Gasteiger partial charge in [-0.25, -0.2) is 4.98 Å². The van der Waals surface area contributed by atoms with Crippen LogP contribution in [-0.2, 0) is 0 Å². The number of H-pyrrole nitrogens is 1. The van der Waals surface area contributed by atoms with E-state index in [0.29, 0.717) is 17.0 Å². The maximum absolute atomic E-state index is 10.4. The second-order valence-corrected chi connectivity index (χ2v) is 9.29. The van der Waals surface area contributed by atoms with Crippen LogP contribution < -0.4 is 16.8 Å². The molecule has 176 valence electrons. The lowest BCUT2D eigenvalue weighted by molar-refractivity contribution is 0.199. The zero-order chi connectivity index (χ0) is 24.2. The lowest BCUT2D eigenvalue weighted by Crippen LogP contribution is -2.45. The maximum Gasteiger partial charge on any atom is 0.165 e. The van der Waals surface area contributed by atoms with E-state index in [1.807, 2.05) is 12.1 Å². The molecule has 0 spiro atoms. The number of hydrogen-bond donors (Lipinski definition) is 4. The number of nitrogens with two attached hydrogens (primary N) is 2. The number of nitriles is 1. The number of nitrogens with one attached hydrogen (secondary N) is 2. The summed E-state index contributed by atoms with van der Waals surface area (Å²) in [5.41, 5.74) is 15.0. The molecular formula is C26H26N8S. The Labute approximate surface area is 207 Å². The van der Waals surface area contributed by atoms with E-state index in [1.54, 1.807) is 6.08 Å². The molecule has 0 amide bonds. The summed E-state index contributed by atoms with van der Waals surface area (Å²) in [5, 5.41) is 23.3. The minimum atomic E-state index is -0.151. The molecule has 3 heterocycles. The number of aromatic nitrogens is 3. The van der Waals surface area contributed by atoms with Crippen molar-refractivity contribution in [2.75, 3.05) is 26.2 Å². The number of allylic oxidation sites excluding steroid dienone is 2. The Morgan fingerprint density at radius 1 is 1.14 bits per heavy atom. The number of piperazine rings is 1. The molecule has 8 nitrogen and oxygen atoms in total. The summed E-state index contributed by atoms with van der Waals surface area (Å²) in [7, 11) is 0. The Morgan fingerprint density at radius 2 is 1.94 bits per heavy atom. The fourth-order valence-corrected chi connectivity index (χ4v) is 5.93. The van der Waals surface area contributed by atoms with Gasteiger partial charge in [-0.2, -0.15) is 10.4 Å². The van der Waals surface area contributed by atoms with Crippen LogP contribution in [0.5, 0.6) is 0 Å². The zero-order valence-corrected chi connectivity index (χ0v) is 19.9. The molecule has 5 rings (SSSR count). The van der Waals surface area contributed by atoms with E-state index < -0.39 is 0 Å². The molecule has 1 atom stereocenters. The number of nitrogens with zero attached hydrogens (tertiary/aromatic N) is 4. The molecule has 2 aromatic heterocycles. The summed E-state index contributed by atoms with van der Waals surface area (Å²) in [6.07, 6.45) is 6.13. The first kappa shape index (κ1) is 22.8. The summed E-state index contributed by atoms with van der Waals surface area (Å²) in [6.45, 7) is 3.46. The SMILES string of the molecule is N#Cc1c(C(/C=C\N)=C/N)sc(-c2ncn[nH]2)c1C(c1ccc2ccccc2c1)N1CCNCC1. The normalized spacial score (nSPS) is 16.0. The summed E-state index contributed by atoms with van der Waals surface area (Å²) >= 11 is 1.48. The molecule has 1 aliphatic heterocycles. The number of aromatic amines is 1. The Hall–Kier alpha value is -3.97. The van der Waals surface area contributed by atoms with Gasteiger partial charge in [-0.15, -0.1) is 11.3 Å². The predicted octanol–water partition coefficient (Wildman–Crippen LogP) is 3.32. The van der Waals surface area contributed by atoms with Crippen molar-refractivity contribution in [3.8, 4) is 16.8 Å². The van der Waals surface area contributed by atoms with Gasteiger partial charge in [0.2, 0.25) is 0 Å². The van der Waals surface area contributed by atoms with E-state index in [1.165, 1.54) is 35.5 Å². The molecule has 1 saturated heterocycles. The van der Waals surface area contributed by atoms with Crippen LogP contribution in [0.15, 0.2) is 67.3 Å². The lowest BCUT2D eigenvalue weighted by atomic mass is 9.90. The highest BCUT2D eigenvalue weighted by atomic mass is 32.1. The van der Waals surface area contributed by atoms with Gasteiger partial charge < -0.3 is 16.8 Å². The first-order chi connectivity index (χ1) is 17.2.